The third-order valence-corrected chi connectivity index (χ3v) is 4.70. The van der Waals surface area contributed by atoms with Crippen molar-refractivity contribution in [1.82, 2.24) is 14.5 Å². The van der Waals surface area contributed by atoms with Crippen molar-refractivity contribution in [3.05, 3.63) is 80.4 Å². The van der Waals surface area contributed by atoms with Gasteiger partial charge < -0.3 is 0 Å². The van der Waals surface area contributed by atoms with Crippen LogP contribution in [-0.4, -0.2) is 14.5 Å². The van der Waals surface area contributed by atoms with Gasteiger partial charge in [-0.1, -0.05) is 45.7 Å². The summed E-state index contributed by atoms with van der Waals surface area (Å²) in [5.74, 6) is 0. The quantitative estimate of drug-likeness (QED) is 0.468. The number of benzene rings is 2. The van der Waals surface area contributed by atoms with E-state index in [2.05, 4.69) is 25.9 Å². The zero-order valence-electron chi connectivity index (χ0n) is 12.4. The van der Waals surface area contributed by atoms with Crippen LogP contribution in [0.15, 0.2) is 64.1 Å². The van der Waals surface area contributed by atoms with Crippen molar-refractivity contribution < 1.29 is 0 Å². The number of fused-ring (bicyclic) bond motifs is 2. The van der Waals surface area contributed by atoms with E-state index < -0.39 is 0 Å². The van der Waals surface area contributed by atoms with Crippen molar-refractivity contribution in [2.24, 2.45) is 0 Å². The lowest BCUT2D eigenvalue weighted by molar-refractivity contribution is 0.747. The third kappa shape index (κ3) is 2.70. The first kappa shape index (κ1) is 15.3. The highest BCUT2D eigenvalue weighted by molar-refractivity contribution is 9.10. The van der Waals surface area contributed by atoms with Gasteiger partial charge in [-0.25, -0.2) is 9.97 Å². The zero-order chi connectivity index (χ0) is 16.7. The van der Waals surface area contributed by atoms with Gasteiger partial charge in [-0.3, -0.25) is 9.36 Å². The highest BCUT2D eigenvalue weighted by Gasteiger charge is 2.09. The molecule has 2 aromatic carbocycles. The van der Waals surface area contributed by atoms with Crippen LogP contribution in [0.3, 0.4) is 0 Å². The first-order valence-electron chi connectivity index (χ1n) is 7.31. The highest BCUT2D eigenvalue weighted by Crippen LogP contribution is 2.21. The van der Waals surface area contributed by atoms with Crippen LogP contribution < -0.4 is 5.56 Å². The van der Waals surface area contributed by atoms with Gasteiger partial charge in [0, 0.05) is 15.4 Å². The minimum atomic E-state index is -0.106. The molecule has 4 aromatic rings. The maximum atomic E-state index is 12.7. The molecule has 0 radical (unpaired) electrons. The number of rotatable bonds is 2. The Bertz CT molecular complexity index is 1140. The Morgan fingerprint density at radius 1 is 1.08 bits per heavy atom. The molecule has 0 saturated heterocycles. The lowest BCUT2D eigenvalue weighted by atomic mass is 10.1. The van der Waals surface area contributed by atoms with Crippen LogP contribution in [-0.2, 0) is 6.54 Å². The second kappa shape index (κ2) is 6.00. The fourth-order valence-corrected chi connectivity index (χ4v) is 3.24. The molecule has 0 bridgehead atoms. The van der Waals surface area contributed by atoms with Crippen molar-refractivity contribution in [3.8, 4) is 0 Å². The number of aromatic nitrogens is 3. The van der Waals surface area contributed by atoms with Crippen molar-refractivity contribution in [2.45, 2.75) is 6.54 Å². The summed E-state index contributed by atoms with van der Waals surface area (Å²) in [5.41, 5.74) is 2.18. The number of nitrogens with zero attached hydrogens (tertiary/aromatic N) is 3. The third-order valence-electron chi connectivity index (χ3n) is 3.88. The molecule has 0 amide bonds. The topological polar surface area (TPSA) is 47.8 Å². The second-order valence-electron chi connectivity index (χ2n) is 5.47. The molecule has 0 aliphatic rings. The van der Waals surface area contributed by atoms with Gasteiger partial charge in [0.25, 0.3) is 5.56 Å². The molecule has 2 aromatic heterocycles. The standard InChI is InChI=1S/C18H11BrClN3O/c19-13-5-6-16-14(8-13)18(24)23(10-21-16)9-12-7-11-3-1-2-4-15(11)22-17(12)20/h1-8,10H,9H2. The molecule has 118 valence electrons. The van der Waals surface area contributed by atoms with Crippen molar-refractivity contribution in [3.63, 3.8) is 0 Å². The molecule has 0 fully saturated rings. The van der Waals surface area contributed by atoms with Crippen LogP contribution in [0.4, 0.5) is 0 Å². The number of hydrogen-bond acceptors (Lipinski definition) is 3. The average Bonchev–Trinajstić information content (AvgIpc) is 2.58. The minimum Gasteiger partial charge on any atom is -0.294 e. The fraction of sp³-hybridized carbons (Fsp3) is 0.0556. The van der Waals surface area contributed by atoms with E-state index >= 15 is 0 Å². The van der Waals surface area contributed by atoms with Gasteiger partial charge in [0.05, 0.1) is 29.3 Å². The second-order valence-corrected chi connectivity index (χ2v) is 6.74. The summed E-state index contributed by atoms with van der Waals surface area (Å²) in [6.45, 7) is 0.324. The maximum Gasteiger partial charge on any atom is 0.261 e. The first-order chi connectivity index (χ1) is 11.6. The van der Waals surface area contributed by atoms with Gasteiger partial charge in [-0.05, 0) is 30.3 Å². The summed E-state index contributed by atoms with van der Waals surface area (Å²) in [6, 6.07) is 15.2. The molecule has 0 atom stereocenters. The summed E-state index contributed by atoms with van der Waals surface area (Å²) in [7, 11) is 0. The Hall–Kier alpha value is -2.24. The van der Waals surface area contributed by atoms with Gasteiger partial charge in [0.15, 0.2) is 0 Å². The van der Waals surface area contributed by atoms with Gasteiger partial charge >= 0.3 is 0 Å². The van der Waals surface area contributed by atoms with E-state index in [0.29, 0.717) is 22.6 Å². The number of pyridine rings is 1. The molecular formula is C18H11BrClN3O. The van der Waals surface area contributed by atoms with Crippen LogP contribution in [0.1, 0.15) is 5.56 Å². The Morgan fingerprint density at radius 2 is 1.92 bits per heavy atom. The first-order valence-corrected chi connectivity index (χ1v) is 8.48. The molecule has 0 spiro atoms. The van der Waals surface area contributed by atoms with Crippen LogP contribution in [0.25, 0.3) is 21.8 Å². The predicted octanol–water partition coefficient (Wildman–Crippen LogP) is 4.41. The Kier molecular flexibility index (Phi) is 3.82. The zero-order valence-corrected chi connectivity index (χ0v) is 14.8. The summed E-state index contributed by atoms with van der Waals surface area (Å²) >= 11 is 9.68. The molecule has 24 heavy (non-hydrogen) atoms. The number of para-hydroxylation sites is 1. The minimum absolute atomic E-state index is 0.106. The van der Waals surface area contributed by atoms with Crippen LogP contribution >= 0.6 is 27.5 Å². The normalized spacial score (nSPS) is 11.2. The van der Waals surface area contributed by atoms with E-state index in [1.807, 2.05) is 42.5 Å². The lowest BCUT2D eigenvalue weighted by Gasteiger charge is -2.09. The van der Waals surface area contributed by atoms with Gasteiger partial charge in [-0.2, -0.15) is 0 Å². The van der Waals surface area contributed by atoms with Gasteiger partial charge in [-0.15, -0.1) is 0 Å². The van der Waals surface area contributed by atoms with Crippen molar-refractivity contribution >= 4 is 49.3 Å². The van der Waals surface area contributed by atoms with Crippen molar-refractivity contribution in [1.29, 1.82) is 0 Å². The van der Waals surface area contributed by atoms with Crippen LogP contribution in [0.5, 0.6) is 0 Å². The van der Waals surface area contributed by atoms with E-state index in [1.165, 1.54) is 0 Å². The van der Waals surface area contributed by atoms with E-state index in [1.54, 1.807) is 17.0 Å². The lowest BCUT2D eigenvalue weighted by Crippen LogP contribution is -2.21. The SMILES string of the molecule is O=c1c2cc(Br)ccc2ncn1Cc1cc2ccccc2nc1Cl. The molecular weight excluding hydrogens is 390 g/mol. The molecule has 0 N–H and O–H groups in total. The van der Waals surface area contributed by atoms with Gasteiger partial charge in [0.2, 0.25) is 0 Å². The Balaban J connectivity index is 1.83. The Labute approximate surface area is 150 Å². The average molecular weight is 401 g/mol. The summed E-state index contributed by atoms with van der Waals surface area (Å²) < 4.78 is 2.39. The molecule has 4 rings (SSSR count). The molecule has 6 heteroatoms. The number of hydrogen-bond donors (Lipinski definition) is 0. The summed E-state index contributed by atoms with van der Waals surface area (Å²) in [6.07, 6.45) is 1.55. The molecule has 0 aliphatic heterocycles. The van der Waals surface area contributed by atoms with E-state index in [0.717, 1.165) is 20.9 Å². The largest absolute Gasteiger partial charge is 0.294 e. The van der Waals surface area contributed by atoms with Gasteiger partial charge in [0.1, 0.15) is 5.15 Å². The monoisotopic (exact) mass is 399 g/mol. The summed E-state index contributed by atoms with van der Waals surface area (Å²) in [4.78, 5) is 21.4. The molecule has 2 heterocycles. The van der Waals surface area contributed by atoms with Crippen LogP contribution in [0, 0.1) is 0 Å². The molecule has 0 aliphatic carbocycles. The predicted molar refractivity (Wildman–Crippen MR) is 99.6 cm³/mol. The van der Waals surface area contributed by atoms with Crippen LogP contribution in [0.2, 0.25) is 5.15 Å². The van der Waals surface area contributed by atoms with E-state index in [-0.39, 0.29) is 5.56 Å². The van der Waals surface area contributed by atoms with E-state index in [9.17, 15) is 4.79 Å². The molecule has 0 saturated carbocycles. The Morgan fingerprint density at radius 3 is 2.79 bits per heavy atom. The van der Waals surface area contributed by atoms with E-state index in [4.69, 9.17) is 11.6 Å². The molecule has 4 nitrogen and oxygen atoms in total. The highest BCUT2D eigenvalue weighted by atomic mass is 79.9. The van der Waals surface area contributed by atoms with Crippen molar-refractivity contribution in [2.75, 3.05) is 0 Å². The maximum absolute atomic E-state index is 12.7. The summed E-state index contributed by atoms with van der Waals surface area (Å²) in [5, 5.41) is 1.95. The molecule has 0 unspecified atom stereocenters. The fourth-order valence-electron chi connectivity index (χ4n) is 2.67. The smallest absolute Gasteiger partial charge is 0.261 e. The number of halogens is 2.